The summed E-state index contributed by atoms with van der Waals surface area (Å²) in [4.78, 5) is 11.5. The van der Waals surface area contributed by atoms with Crippen LogP contribution < -0.4 is 15.5 Å². The van der Waals surface area contributed by atoms with E-state index in [9.17, 15) is 0 Å². The quantitative estimate of drug-likeness (QED) is 0.363. The smallest absolute Gasteiger partial charge is 0.191 e. The third-order valence-corrected chi connectivity index (χ3v) is 4.95. The summed E-state index contributed by atoms with van der Waals surface area (Å²) in [5, 5.41) is 6.71. The minimum absolute atomic E-state index is 0.245. The normalized spacial score (nSPS) is 20.3. The number of ether oxygens (including phenoxy) is 2. The van der Waals surface area contributed by atoms with Gasteiger partial charge in [-0.1, -0.05) is 0 Å². The predicted molar refractivity (Wildman–Crippen MR) is 113 cm³/mol. The Morgan fingerprint density at radius 1 is 1.39 bits per heavy atom. The van der Waals surface area contributed by atoms with Gasteiger partial charge in [-0.05, 0) is 56.7 Å². The van der Waals surface area contributed by atoms with Crippen LogP contribution in [-0.4, -0.2) is 63.0 Å². The van der Waals surface area contributed by atoms with E-state index in [1.54, 1.807) is 0 Å². The van der Waals surface area contributed by atoms with Gasteiger partial charge in [0.25, 0.3) is 0 Å². The third-order valence-electron chi connectivity index (χ3n) is 4.95. The average molecular weight is 390 g/mol. The monoisotopic (exact) mass is 389 g/mol. The van der Waals surface area contributed by atoms with Crippen LogP contribution in [0.2, 0.25) is 0 Å². The zero-order chi connectivity index (χ0) is 19.6. The lowest BCUT2D eigenvalue weighted by molar-refractivity contribution is 0.0529. The number of anilines is 1. The van der Waals surface area contributed by atoms with Gasteiger partial charge >= 0.3 is 0 Å². The summed E-state index contributed by atoms with van der Waals surface area (Å²) in [6.45, 7) is 10.8. The van der Waals surface area contributed by atoms with Gasteiger partial charge in [0, 0.05) is 45.6 Å². The van der Waals surface area contributed by atoms with E-state index in [0.29, 0.717) is 6.54 Å². The molecule has 1 atom stereocenters. The lowest BCUT2D eigenvalue weighted by Crippen LogP contribution is -2.41. The molecule has 2 N–H and O–H groups in total. The molecule has 0 amide bonds. The van der Waals surface area contributed by atoms with Crippen molar-refractivity contribution in [2.24, 2.45) is 10.9 Å². The highest BCUT2D eigenvalue weighted by molar-refractivity contribution is 5.79. The van der Waals surface area contributed by atoms with Gasteiger partial charge in [-0.3, -0.25) is 0 Å². The largest absolute Gasteiger partial charge is 0.381 e. The molecule has 1 unspecified atom stereocenters. The lowest BCUT2D eigenvalue weighted by atomic mass is 10.2. The van der Waals surface area contributed by atoms with Crippen molar-refractivity contribution in [1.82, 2.24) is 15.6 Å². The maximum atomic E-state index is 5.69. The van der Waals surface area contributed by atoms with Crippen LogP contribution in [-0.2, 0) is 16.0 Å². The van der Waals surface area contributed by atoms with Gasteiger partial charge in [-0.25, -0.2) is 9.98 Å². The standard InChI is InChI=1S/C21H35N5O2/c1-3-22-21(24-8-4-11-27-16-18-5-6-18)25-14-19-7-9-23-20(13-19)26-10-12-28-17(2)15-26/h7,9,13,17-18H,3-6,8,10-12,14-16H2,1-2H3,(H2,22,24,25). The van der Waals surface area contributed by atoms with Crippen molar-refractivity contribution in [2.45, 2.75) is 45.8 Å². The Kier molecular flexibility index (Phi) is 8.36. The second-order valence-electron chi connectivity index (χ2n) is 7.64. The number of pyridine rings is 1. The molecular formula is C21H35N5O2. The molecule has 0 spiro atoms. The van der Waals surface area contributed by atoms with E-state index in [1.165, 1.54) is 12.8 Å². The molecule has 7 nitrogen and oxygen atoms in total. The van der Waals surface area contributed by atoms with Gasteiger partial charge in [0.15, 0.2) is 5.96 Å². The van der Waals surface area contributed by atoms with Gasteiger partial charge < -0.3 is 25.0 Å². The number of aliphatic imine (C=N–C) groups is 1. The zero-order valence-electron chi connectivity index (χ0n) is 17.3. The maximum Gasteiger partial charge on any atom is 0.191 e. The maximum absolute atomic E-state index is 5.69. The van der Waals surface area contributed by atoms with Crippen LogP contribution >= 0.6 is 0 Å². The van der Waals surface area contributed by atoms with Crippen molar-refractivity contribution in [3.63, 3.8) is 0 Å². The van der Waals surface area contributed by atoms with Crippen molar-refractivity contribution >= 4 is 11.8 Å². The van der Waals surface area contributed by atoms with Crippen molar-refractivity contribution < 1.29 is 9.47 Å². The summed E-state index contributed by atoms with van der Waals surface area (Å²) in [5.41, 5.74) is 1.16. The second kappa shape index (κ2) is 11.2. The highest BCUT2D eigenvalue weighted by Crippen LogP contribution is 2.28. The molecule has 0 bridgehead atoms. The number of morpholine rings is 1. The molecule has 1 aromatic rings. The first-order chi connectivity index (χ1) is 13.7. The Morgan fingerprint density at radius 2 is 2.29 bits per heavy atom. The number of aromatic nitrogens is 1. The molecule has 156 valence electrons. The van der Waals surface area contributed by atoms with Crippen LogP contribution in [0.3, 0.4) is 0 Å². The fourth-order valence-electron chi connectivity index (χ4n) is 3.19. The molecule has 1 aromatic heterocycles. The second-order valence-corrected chi connectivity index (χ2v) is 7.64. The number of nitrogens with zero attached hydrogens (tertiary/aromatic N) is 3. The van der Waals surface area contributed by atoms with Crippen LogP contribution in [0, 0.1) is 5.92 Å². The van der Waals surface area contributed by atoms with Crippen LogP contribution in [0.1, 0.15) is 38.7 Å². The van der Waals surface area contributed by atoms with E-state index in [-0.39, 0.29) is 6.10 Å². The predicted octanol–water partition coefficient (Wildman–Crippen LogP) is 2.18. The number of hydrogen-bond donors (Lipinski definition) is 2. The van der Waals surface area contributed by atoms with E-state index in [0.717, 1.165) is 75.7 Å². The zero-order valence-corrected chi connectivity index (χ0v) is 17.3. The Balaban J connectivity index is 1.45. The molecule has 28 heavy (non-hydrogen) atoms. The topological polar surface area (TPSA) is 71.0 Å². The van der Waals surface area contributed by atoms with E-state index in [4.69, 9.17) is 14.5 Å². The molecule has 7 heteroatoms. The molecule has 2 heterocycles. The average Bonchev–Trinajstić information content (AvgIpc) is 3.53. The van der Waals surface area contributed by atoms with Gasteiger partial charge in [0.2, 0.25) is 0 Å². The third kappa shape index (κ3) is 7.28. The molecule has 1 aliphatic heterocycles. The van der Waals surface area contributed by atoms with E-state index in [1.807, 2.05) is 12.3 Å². The lowest BCUT2D eigenvalue weighted by Gasteiger charge is -2.32. The fourth-order valence-corrected chi connectivity index (χ4v) is 3.19. The molecule has 3 rings (SSSR count). The number of rotatable bonds is 10. The molecule has 0 aromatic carbocycles. The minimum atomic E-state index is 0.245. The number of guanidine groups is 1. The molecular weight excluding hydrogens is 354 g/mol. The van der Waals surface area contributed by atoms with E-state index in [2.05, 4.69) is 40.4 Å². The Hall–Kier alpha value is -1.86. The van der Waals surface area contributed by atoms with Crippen LogP contribution in [0.25, 0.3) is 0 Å². The molecule has 1 aliphatic carbocycles. The molecule has 1 saturated carbocycles. The van der Waals surface area contributed by atoms with Crippen LogP contribution in [0.5, 0.6) is 0 Å². The summed E-state index contributed by atoms with van der Waals surface area (Å²) < 4.78 is 11.3. The summed E-state index contributed by atoms with van der Waals surface area (Å²) in [7, 11) is 0. The van der Waals surface area contributed by atoms with Gasteiger partial charge in [-0.2, -0.15) is 0 Å². The molecule has 2 fully saturated rings. The van der Waals surface area contributed by atoms with Crippen molar-refractivity contribution in [3.8, 4) is 0 Å². The van der Waals surface area contributed by atoms with Crippen molar-refractivity contribution in [1.29, 1.82) is 0 Å². The van der Waals surface area contributed by atoms with Crippen LogP contribution in [0.15, 0.2) is 23.3 Å². The minimum Gasteiger partial charge on any atom is -0.381 e. The van der Waals surface area contributed by atoms with Gasteiger partial charge in [0.1, 0.15) is 5.82 Å². The van der Waals surface area contributed by atoms with Gasteiger partial charge in [-0.15, -0.1) is 0 Å². The first-order valence-electron chi connectivity index (χ1n) is 10.7. The van der Waals surface area contributed by atoms with Gasteiger partial charge in [0.05, 0.1) is 19.3 Å². The summed E-state index contributed by atoms with van der Waals surface area (Å²) >= 11 is 0. The van der Waals surface area contributed by atoms with Crippen molar-refractivity contribution in [3.05, 3.63) is 23.9 Å². The Bertz CT molecular complexity index is 621. The first kappa shape index (κ1) is 20.9. The highest BCUT2D eigenvalue weighted by atomic mass is 16.5. The van der Waals surface area contributed by atoms with Crippen molar-refractivity contribution in [2.75, 3.05) is 50.9 Å². The summed E-state index contributed by atoms with van der Waals surface area (Å²) in [5.74, 6) is 2.69. The fraction of sp³-hybridized carbons (Fsp3) is 0.714. The number of nitrogens with one attached hydrogen (secondary N) is 2. The Morgan fingerprint density at radius 3 is 3.07 bits per heavy atom. The molecule has 1 saturated heterocycles. The van der Waals surface area contributed by atoms with Crippen LogP contribution in [0.4, 0.5) is 5.82 Å². The SMILES string of the molecule is CCNC(=NCc1ccnc(N2CCOC(C)C2)c1)NCCCOCC1CC1. The molecule has 0 radical (unpaired) electrons. The number of hydrogen-bond acceptors (Lipinski definition) is 5. The summed E-state index contributed by atoms with van der Waals surface area (Å²) in [6.07, 6.45) is 5.80. The Labute approximate surface area is 168 Å². The molecule has 2 aliphatic rings. The summed E-state index contributed by atoms with van der Waals surface area (Å²) in [6, 6.07) is 4.17. The van der Waals surface area contributed by atoms with E-state index >= 15 is 0 Å². The highest BCUT2D eigenvalue weighted by Gasteiger charge is 2.21. The first-order valence-corrected chi connectivity index (χ1v) is 10.7. The van der Waals surface area contributed by atoms with E-state index < -0.39 is 0 Å².